The van der Waals surface area contributed by atoms with Gasteiger partial charge in [0.2, 0.25) is 10.0 Å². The SMILES string of the molecule is NS(=O)(=O)c1ccc(CN2CCOCC2)cc1C(F)(F)F. The number of alkyl halides is 3. The molecule has 9 heteroatoms. The highest BCUT2D eigenvalue weighted by Gasteiger charge is 2.36. The number of nitrogens with two attached hydrogens (primary N) is 1. The first-order valence-corrected chi connectivity index (χ1v) is 7.75. The third kappa shape index (κ3) is 4.16. The highest BCUT2D eigenvalue weighted by atomic mass is 32.2. The number of nitrogens with zero attached hydrogens (tertiary/aromatic N) is 1. The van der Waals surface area contributed by atoms with E-state index in [4.69, 9.17) is 9.88 Å². The molecule has 1 aromatic rings. The van der Waals surface area contributed by atoms with E-state index in [1.54, 1.807) is 0 Å². The van der Waals surface area contributed by atoms with Crippen LogP contribution in [0.5, 0.6) is 0 Å². The van der Waals surface area contributed by atoms with Crippen LogP contribution in [0.15, 0.2) is 23.1 Å². The molecular formula is C12H15F3N2O3S. The van der Waals surface area contributed by atoms with Gasteiger partial charge in [0.1, 0.15) is 0 Å². The molecule has 0 radical (unpaired) electrons. The Morgan fingerprint density at radius 3 is 2.38 bits per heavy atom. The van der Waals surface area contributed by atoms with Gasteiger partial charge in [-0.25, -0.2) is 13.6 Å². The van der Waals surface area contributed by atoms with Crippen molar-refractivity contribution in [3.05, 3.63) is 29.3 Å². The van der Waals surface area contributed by atoms with Crippen molar-refractivity contribution in [2.24, 2.45) is 5.14 Å². The maximum Gasteiger partial charge on any atom is 0.417 e. The number of hydrogen-bond donors (Lipinski definition) is 1. The fourth-order valence-corrected chi connectivity index (χ4v) is 2.90. The van der Waals surface area contributed by atoms with E-state index in [1.165, 1.54) is 6.07 Å². The Kier molecular flexibility index (Phi) is 4.57. The van der Waals surface area contributed by atoms with Crippen molar-refractivity contribution in [2.75, 3.05) is 26.3 Å². The van der Waals surface area contributed by atoms with Crippen LogP contribution >= 0.6 is 0 Å². The molecule has 2 N–H and O–H groups in total. The van der Waals surface area contributed by atoms with Crippen LogP contribution in [0.2, 0.25) is 0 Å². The second kappa shape index (κ2) is 5.91. The summed E-state index contributed by atoms with van der Waals surface area (Å²) in [5.41, 5.74) is -0.840. The van der Waals surface area contributed by atoms with Gasteiger partial charge in [0, 0.05) is 19.6 Å². The molecule has 21 heavy (non-hydrogen) atoms. The van der Waals surface area contributed by atoms with Gasteiger partial charge in [-0.2, -0.15) is 13.2 Å². The molecule has 1 saturated heterocycles. The van der Waals surface area contributed by atoms with Crippen molar-refractivity contribution in [3.8, 4) is 0 Å². The van der Waals surface area contributed by atoms with Gasteiger partial charge in [-0.05, 0) is 17.7 Å². The molecular weight excluding hydrogens is 309 g/mol. The van der Waals surface area contributed by atoms with Gasteiger partial charge in [0.25, 0.3) is 0 Å². The maximum atomic E-state index is 13.0. The number of benzene rings is 1. The van der Waals surface area contributed by atoms with Gasteiger partial charge >= 0.3 is 6.18 Å². The molecule has 1 aromatic carbocycles. The average molecular weight is 324 g/mol. The Bertz CT molecular complexity index is 611. The second-order valence-corrected chi connectivity index (χ2v) is 6.29. The zero-order valence-electron chi connectivity index (χ0n) is 11.1. The van der Waals surface area contributed by atoms with Crippen LogP contribution < -0.4 is 5.14 Å². The molecule has 2 rings (SSSR count). The van der Waals surface area contributed by atoms with Crippen LogP contribution in [0.4, 0.5) is 13.2 Å². The number of rotatable bonds is 3. The predicted molar refractivity (Wildman–Crippen MR) is 68.9 cm³/mol. The third-order valence-corrected chi connectivity index (χ3v) is 4.13. The highest BCUT2D eigenvalue weighted by Crippen LogP contribution is 2.34. The Balaban J connectivity index is 2.33. The van der Waals surface area contributed by atoms with Gasteiger partial charge in [0.15, 0.2) is 0 Å². The summed E-state index contributed by atoms with van der Waals surface area (Å²) in [6, 6.07) is 3.10. The Morgan fingerprint density at radius 2 is 1.86 bits per heavy atom. The molecule has 0 amide bonds. The monoisotopic (exact) mass is 324 g/mol. The van der Waals surface area contributed by atoms with E-state index in [2.05, 4.69) is 0 Å². The summed E-state index contributed by atoms with van der Waals surface area (Å²) in [5.74, 6) is 0. The zero-order chi connectivity index (χ0) is 15.7. The Morgan fingerprint density at radius 1 is 1.24 bits per heavy atom. The number of primary sulfonamides is 1. The molecule has 0 bridgehead atoms. The van der Waals surface area contributed by atoms with Crippen LogP contribution in [0, 0.1) is 0 Å². The van der Waals surface area contributed by atoms with Crippen molar-refractivity contribution in [2.45, 2.75) is 17.6 Å². The van der Waals surface area contributed by atoms with E-state index < -0.39 is 26.7 Å². The number of sulfonamides is 1. The van der Waals surface area contributed by atoms with Crippen molar-refractivity contribution >= 4 is 10.0 Å². The maximum absolute atomic E-state index is 13.0. The Hall–Kier alpha value is -1.16. The number of morpholine rings is 1. The summed E-state index contributed by atoms with van der Waals surface area (Å²) in [6.07, 6.45) is -4.78. The minimum atomic E-state index is -4.78. The molecule has 0 aliphatic carbocycles. The zero-order valence-corrected chi connectivity index (χ0v) is 11.9. The predicted octanol–water partition coefficient (Wildman–Crippen LogP) is 1.19. The van der Waals surface area contributed by atoms with Gasteiger partial charge in [-0.1, -0.05) is 6.07 Å². The lowest BCUT2D eigenvalue weighted by atomic mass is 10.1. The number of ether oxygens (including phenoxy) is 1. The topological polar surface area (TPSA) is 72.6 Å². The van der Waals surface area contributed by atoms with Crippen molar-refractivity contribution < 1.29 is 26.3 Å². The van der Waals surface area contributed by atoms with Crippen LogP contribution in [-0.2, 0) is 27.5 Å². The molecule has 1 heterocycles. The van der Waals surface area contributed by atoms with Crippen LogP contribution in [0.1, 0.15) is 11.1 Å². The normalized spacial score (nSPS) is 17.9. The van der Waals surface area contributed by atoms with E-state index in [-0.39, 0.29) is 0 Å². The molecule has 0 unspecified atom stereocenters. The summed E-state index contributed by atoms with van der Waals surface area (Å²) in [6.45, 7) is 2.61. The van der Waals surface area contributed by atoms with E-state index in [9.17, 15) is 21.6 Å². The summed E-state index contributed by atoms with van der Waals surface area (Å²) in [5, 5.41) is 4.83. The molecule has 118 valence electrons. The van der Waals surface area contributed by atoms with Crippen molar-refractivity contribution in [3.63, 3.8) is 0 Å². The summed E-state index contributed by atoms with van der Waals surface area (Å²) >= 11 is 0. The standard InChI is InChI=1S/C12H15F3N2O3S/c13-12(14,15)10-7-9(1-2-11(10)21(16,18)19)8-17-3-5-20-6-4-17/h1-2,7H,3-6,8H2,(H2,16,18,19). The molecule has 5 nitrogen and oxygen atoms in total. The highest BCUT2D eigenvalue weighted by molar-refractivity contribution is 7.89. The van der Waals surface area contributed by atoms with E-state index in [0.717, 1.165) is 12.1 Å². The van der Waals surface area contributed by atoms with Gasteiger partial charge < -0.3 is 4.74 Å². The Labute approximate surface area is 120 Å². The third-order valence-electron chi connectivity index (χ3n) is 3.17. The van der Waals surface area contributed by atoms with E-state index in [1.807, 2.05) is 4.90 Å². The lowest BCUT2D eigenvalue weighted by molar-refractivity contribution is -0.140. The lowest BCUT2D eigenvalue weighted by Gasteiger charge is -2.27. The van der Waals surface area contributed by atoms with Gasteiger partial charge in [-0.3, -0.25) is 4.90 Å². The summed E-state index contributed by atoms with van der Waals surface area (Å²) < 4.78 is 66.6. The molecule has 0 saturated carbocycles. The van der Waals surface area contributed by atoms with Gasteiger partial charge in [0.05, 0.1) is 23.7 Å². The van der Waals surface area contributed by atoms with Crippen molar-refractivity contribution in [1.29, 1.82) is 0 Å². The van der Waals surface area contributed by atoms with E-state index >= 15 is 0 Å². The molecule has 1 aliphatic rings. The molecule has 0 aromatic heterocycles. The second-order valence-electron chi connectivity index (χ2n) is 4.76. The fraction of sp³-hybridized carbons (Fsp3) is 0.500. The minimum absolute atomic E-state index is 0.303. The molecule has 1 aliphatic heterocycles. The summed E-state index contributed by atoms with van der Waals surface area (Å²) in [7, 11) is -4.42. The number of halogens is 3. The fourth-order valence-electron chi connectivity index (χ4n) is 2.16. The van der Waals surface area contributed by atoms with Crippen LogP contribution in [0.25, 0.3) is 0 Å². The first-order valence-electron chi connectivity index (χ1n) is 6.21. The van der Waals surface area contributed by atoms with E-state index in [0.29, 0.717) is 38.4 Å². The minimum Gasteiger partial charge on any atom is -0.379 e. The van der Waals surface area contributed by atoms with Gasteiger partial charge in [-0.15, -0.1) is 0 Å². The first-order chi connectivity index (χ1) is 9.68. The van der Waals surface area contributed by atoms with Crippen LogP contribution in [-0.4, -0.2) is 39.6 Å². The number of hydrogen-bond acceptors (Lipinski definition) is 4. The van der Waals surface area contributed by atoms with Crippen molar-refractivity contribution in [1.82, 2.24) is 4.90 Å². The first kappa shape index (κ1) is 16.2. The smallest absolute Gasteiger partial charge is 0.379 e. The lowest BCUT2D eigenvalue weighted by Crippen LogP contribution is -2.35. The molecule has 0 spiro atoms. The van der Waals surface area contributed by atoms with Crippen LogP contribution in [0.3, 0.4) is 0 Å². The molecule has 1 fully saturated rings. The quantitative estimate of drug-likeness (QED) is 0.906. The largest absolute Gasteiger partial charge is 0.417 e. The molecule has 0 atom stereocenters. The summed E-state index contributed by atoms with van der Waals surface area (Å²) in [4.78, 5) is 1.04. The average Bonchev–Trinajstić information content (AvgIpc) is 2.37.